The fourth-order valence-electron chi connectivity index (χ4n) is 1.35. The molecule has 1 aromatic rings. The average Bonchev–Trinajstić information content (AvgIpc) is 2.73. The van der Waals surface area contributed by atoms with Crippen molar-refractivity contribution in [3.8, 4) is 0 Å². The fourth-order valence-corrected chi connectivity index (χ4v) is 1.35. The largest absolute Gasteiger partial charge is 0.481 e. The predicted octanol–water partition coefficient (Wildman–Crippen LogP) is 0.914. The number of aromatic nitrogens is 2. The standard InChI is InChI=1S/C8H10N2O2/c11-7(12)3-6-4-9-10-8(6)5-1-2-5/h4-5H,1-3H2,(H,9,10)(H,11,12). The minimum Gasteiger partial charge on any atom is -0.481 e. The van der Waals surface area contributed by atoms with Crippen LogP contribution in [0, 0.1) is 0 Å². The third kappa shape index (κ3) is 1.32. The van der Waals surface area contributed by atoms with Crippen molar-refractivity contribution >= 4 is 5.97 Å². The molecule has 0 aromatic carbocycles. The van der Waals surface area contributed by atoms with E-state index in [0.29, 0.717) is 5.92 Å². The van der Waals surface area contributed by atoms with Crippen molar-refractivity contribution in [2.45, 2.75) is 25.2 Å². The molecule has 0 radical (unpaired) electrons. The summed E-state index contributed by atoms with van der Waals surface area (Å²) in [5, 5.41) is 15.3. The second kappa shape index (κ2) is 2.62. The second-order valence-electron chi connectivity index (χ2n) is 3.15. The van der Waals surface area contributed by atoms with Gasteiger partial charge in [0.25, 0.3) is 0 Å². The van der Waals surface area contributed by atoms with Crippen molar-refractivity contribution in [3.63, 3.8) is 0 Å². The lowest BCUT2D eigenvalue weighted by Crippen LogP contribution is -2.01. The van der Waals surface area contributed by atoms with Crippen LogP contribution in [0.15, 0.2) is 6.20 Å². The second-order valence-corrected chi connectivity index (χ2v) is 3.15. The van der Waals surface area contributed by atoms with E-state index in [1.807, 2.05) is 0 Å². The summed E-state index contributed by atoms with van der Waals surface area (Å²) in [6, 6.07) is 0. The molecule has 0 saturated heterocycles. The molecule has 0 bridgehead atoms. The summed E-state index contributed by atoms with van der Waals surface area (Å²) in [5.74, 6) is -0.250. The van der Waals surface area contributed by atoms with Crippen LogP contribution >= 0.6 is 0 Å². The zero-order chi connectivity index (χ0) is 8.55. The number of nitrogens with zero attached hydrogens (tertiary/aromatic N) is 1. The smallest absolute Gasteiger partial charge is 0.307 e. The molecule has 1 aromatic heterocycles. The number of hydrogen-bond acceptors (Lipinski definition) is 2. The van der Waals surface area contributed by atoms with E-state index in [1.54, 1.807) is 6.20 Å². The summed E-state index contributed by atoms with van der Waals surface area (Å²) >= 11 is 0. The van der Waals surface area contributed by atoms with Gasteiger partial charge in [-0.3, -0.25) is 9.89 Å². The van der Waals surface area contributed by atoms with Crippen molar-refractivity contribution < 1.29 is 9.90 Å². The lowest BCUT2D eigenvalue weighted by atomic mass is 10.1. The molecule has 4 nitrogen and oxygen atoms in total. The number of aliphatic carboxylic acids is 1. The maximum absolute atomic E-state index is 10.4. The normalized spacial score (nSPS) is 16.3. The van der Waals surface area contributed by atoms with Crippen LogP contribution in [0.1, 0.15) is 30.0 Å². The summed E-state index contributed by atoms with van der Waals surface area (Å²) in [5.41, 5.74) is 1.86. The van der Waals surface area contributed by atoms with Crippen LogP contribution in [0.4, 0.5) is 0 Å². The van der Waals surface area contributed by atoms with Gasteiger partial charge in [0.05, 0.1) is 12.6 Å². The van der Waals surface area contributed by atoms with Crippen LogP contribution in [0.2, 0.25) is 0 Å². The molecule has 1 saturated carbocycles. The first-order valence-corrected chi connectivity index (χ1v) is 4.01. The number of rotatable bonds is 3. The molecule has 0 atom stereocenters. The number of carbonyl (C=O) groups is 1. The highest BCUT2D eigenvalue weighted by atomic mass is 16.4. The third-order valence-corrected chi connectivity index (χ3v) is 2.08. The molecule has 2 N–H and O–H groups in total. The zero-order valence-electron chi connectivity index (χ0n) is 6.58. The van der Waals surface area contributed by atoms with E-state index in [0.717, 1.165) is 24.1 Å². The molecule has 0 unspecified atom stereocenters. The molecule has 12 heavy (non-hydrogen) atoms. The van der Waals surface area contributed by atoms with E-state index in [2.05, 4.69) is 10.2 Å². The minimum absolute atomic E-state index is 0.0856. The molecule has 1 aliphatic rings. The predicted molar refractivity (Wildman–Crippen MR) is 41.9 cm³/mol. The van der Waals surface area contributed by atoms with Gasteiger partial charge in [0, 0.05) is 17.2 Å². The highest BCUT2D eigenvalue weighted by Crippen LogP contribution is 2.40. The molecule has 2 rings (SSSR count). The van der Waals surface area contributed by atoms with Gasteiger partial charge in [0.2, 0.25) is 0 Å². The van der Waals surface area contributed by atoms with E-state index >= 15 is 0 Å². The summed E-state index contributed by atoms with van der Waals surface area (Å²) in [7, 11) is 0. The van der Waals surface area contributed by atoms with Gasteiger partial charge < -0.3 is 5.11 Å². The highest BCUT2D eigenvalue weighted by molar-refractivity contribution is 5.70. The molecule has 1 heterocycles. The van der Waals surface area contributed by atoms with E-state index in [4.69, 9.17) is 5.11 Å². The SMILES string of the molecule is O=C(O)Cc1cn[nH]c1C1CC1. The van der Waals surface area contributed by atoms with Crippen molar-refractivity contribution in [2.75, 3.05) is 0 Å². The molecule has 0 amide bonds. The van der Waals surface area contributed by atoms with Crippen LogP contribution in [-0.2, 0) is 11.2 Å². The third-order valence-electron chi connectivity index (χ3n) is 2.08. The number of nitrogens with one attached hydrogen (secondary N) is 1. The first-order valence-electron chi connectivity index (χ1n) is 4.01. The summed E-state index contributed by atoms with van der Waals surface area (Å²) in [4.78, 5) is 10.4. The lowest BCUT2D eigenvalue weighted by Gasteiger charge is -1.95. The Labute approximate surface area is 69.6 Å². The average molecular weight is 166 g/mol. The maximum atomic E-state index is 10.4. The number of carboxylic acids is 1. The maximum Gasteiger partial charge on any atom is 0.307 e. The van der Waals surface area contributed by atoms with Crippen LogP contribution in [0.5, 0.6) is 0 Å². The molecule has 64 valence electrons. The van der Waals surface area contributed by atoms with Gasteiger partial charge in [-0.1, -0.05) is 0 Å². The Morgan fingerprint density at radius 3 is 3.08 bits per heavy atom. The highest BCUT2D eigenvalue weighted by Gasteiger charge is 2.27. The van der Waals surface area contributed by atoms with Crippen LogP contribution < -0.4 is 0 Å². The van der Waals surface area contributed by atoms with Crippen molar-refractivity contribution in [1.82, 2.24) is 10.2 Å². The van der Waals surface area contributed by atoms with Gasteiger partial charge in [-0.2, -0.15) is 5.10 Å². The zero-order valence-corrected chi connectivity index (χ0v) is 6.58. The van der Waals surface area contributed by atoms with Gasteiger partial charge in [-0.05, 0) is 12.8 Å². The van der Waals surface area contributed by atoms with Gasteiger partial charge in [0.15, 0.2) is 0 Å². The number of carboxylic acid groups (broad SMARTS) is 1. The molecule has 1 fully saturated rings. The Kier molecular flexibility index (Phi) is 1.60. The van der Waals surface area contributed by atoms with Crippen LogP contribution in [0.25, 0.3) is 0 Å². The Morgan fingerprint density at radius 2 is 2.50 bits per heavy atom. The van der Waals surface area contributed by atoms with E-state index < -0.39 is 5.97 Å². The summed E-state index contributed by atoms with van der Waals surface area (Å²) in [6.07, 6.45) is 4.02. The monoisotopic (exact) mass is 166 g/mol. The fraction of sp³-hybridized carbons (Fsp3) is 0.500. The molecular formula is C8H10N2O2. The lowest BCUT2D eigenvalue weighted by molar-refractivity contribution is -0.136. The quantitative estimate of drug-likeness (QED) is 0.701. The topological polar surface area (TPSA) is 66.0 Å². The Bertz CT molecular complexity index is 302. The minimum atomic E-state index is -0.793. The summed E-state index contributed by atoms with van der Waals surface area (Å²) < 4.78 is 0. The Hall–Kier alpha value is -1.32. The van der Waals surface area contributed by atoms with E-state index in [1.165, 1.54) is 0 Å². The van der Waals surface area contributed by atoms with Gasteiger partial charge in [-0.15, -0.1) is 0 Å². The molecule has 0 aliphatic heterocycles. The van der Waals surface area contributed by atoms with Gasteiger partial charge in [0.1, 0.15) is 0 Å². The first-order chi connectivity index (χ1) is 5.77. The van der Waals surface area contributed by atoms with Gasteiger partial charge >= 0.3 is 5.97 Å². The first kappa shape index (κ1) is 7.34. The number of aromatic amines is 1. The van der Waals surface area contributed by atoms with Crippen molar-refractivity contribution in [2.24, 2.45) is 0 Å². The molecule has 4 heteroatoms. The van der Waals surface area contributed by atoms with E-state index in [9.17, 15) is 4.79 Å². The Morgan fingerprint density at radius 1 is 1.75 bits per heavy atom. The molecular weight excluding hydrogens is 156 g/mol. The number of H-pyrrole nitrogens is 1. The number of hydrogen-bond donors (Lipinski definition) is 2. The van der Waals surface area contributed by atoms with Crippen LogP contribution in [0.3, 0.4) is 0 Å². The molecule has 0 spiro atoms. The van der Waals surface area contributed by atoms with Crippen LogP contribution in [-0.4, -0.2) is 21.3 Å². The van der Waals surface area contributed by atoms with E-state index in [-0.39, 0.29) is 6.42 Å². The summed E-state index contributed by atoms with van der Waals surface area (Å²) in [6.45, 7) is 0. The van der Waals surface area contributed by atoms with Crippen molar-refractivity contribution in [1.29, 1.82) is 0 Å². The Balaban J connectivity index is 2.18. The molecule has 1 aliphatic carbocycles. The van der Waals surface area contributed by atoms with Crippen molar-refractivity contribution in [3.05, 3.63) is 17.5 Å². The van der Waals surface area contributed by atoms with Gasteiger partial charge in [-0.25, -0.2) is 0 Å².